The fourth-order valence-electron chi connectivity index (χ4n) is 2.24. The summed E-state index contributed by atoms with van der Waals surface area (Å²) in [4.78, 5) is 17.1. The number of nitrogens with zero attached hydrogens (tertiary/aromatic N) is 1. The largest absolute Gasteiger partial charge is 0.322 e. The second-order valence-corrected chi connectivity index (χ2v) is 9.66. The van der Waals surface area contributed by atoms with Crippen molar-refractivity contribution in [3.8, 4) is 0 Å². The number of carbonyl (C=O) groups is 1. The summed E-state index contributed by atoms with van der Waals surface area (Å²) in [6.45, 7) is 1.73. The van der Waals surface area contributed by atoms with Crippen molar-refractivity contribution in [3.63, 3.8) is 0 Å². The zero-order chi connectivity index (χ0) is 21.1. The van der Waals surface area contributed by atoms with Crippen LogP contribution in [0.25, 0.3) is 0 Å². The number of hydroxylamine groups is 1. The average Bonchev–Trinajstić information content (AvgIpc) is 2.62. The van der Waals surface area contributed by atoms with E-state index in [1.54, 1.807) is 19.1 Å². The van der Waals surface area contributed by atoms with Gasteiger partial charge in [0.05, 0.1) is 23.9 Å². The first kappa shape index (κ1) is 21.8. The lowest BCUT2D eigenvalue weighted by Crippen LogP contribution is -2.25. The molecule has 0 aromatic heterocycles. The lowest BCUT2D eigenvalue weighted by Gasteiger charge is -2.14. The van der Waals surface area contributed by atoms with Crippen molar-refractivity contribution in [3.05, 3.63) is 53.6 Å². The Balaban J connectivity index is 2.21. The first-order valence-electron chi connectivity index (χ1n) is 7.97. The van der Waals surface area contributed by atoms with E-state index in [0.29, 0.717) is 21.4 Å². The maximum absolute atomic E-state index is 12.4. The fraction of sp³-hybridized carbons (Fsp3) is 0.235. The van der Waals surface area contributed by atoms with Crippen LogP contribution in [0.3, 0.4) is 0 Å². The molecule has 0 aliphatic carbocycles. The Morgan fingerprint density at radius 2 is 1.64 bits per heavy atom. The van der Waals surface area contributed by atoms with Gasteiger partial charge in [-0.25, -0.2) is 16.8 Å². The highest BCUT2D eigenvalue weighted by Gasteiger charge is 2.21. The summed E-state index contributed by atoms with van der Waals surface area (Å²) < 4.78 is 50.3. The Morgan fingerprint density at radius 3 is 2.18 bits per heavy atom. The predicted molar refractivity (Wildman–Crippen MR) is 106 cm³/mol. The van der Waals surface area contributed by atoms with Crippen molar-refractivity contribution in [2.45, 2.75) is 11.8 Å². The number of anilines is 2. The van der Waals surface area contributed by atoms with Crippen LogP contribution in [0.4, 0.5) is 11.4 Å². The van der Waals surface area contributed by atoms with Crippen LogP contribution in [0.5, 0.6) is 0 Å². The topological polar surface area (TPSA) is 122 Å². The number of sulfonamides is 2. The minimum Gasteiger partial charge on any atom is -0.322 e. The van der Waals surface area contributed by atoms with E-state index in [-0.39, 0.29) is 10.5 Å². The second kappa shape index (κ2) is 8.27. The molecule has 0 saturated heterocycles. The van der Waals surface area contributed by atoms with Crippen LogP contribution in [0.15, 0.2) is 47.4 Å². The molecule has 0 heterocycles. The molecule has 0 radical (unpaired) electrons. The Labute approximate surface area is 164 Å². The monoisotopic (exact) mass is 427 g/mol. The molecule has 0 atom stereocenters. The van der Waals surface area contributed by atoms with Crippen molar-refractivity contribution in [2.24, 2.45) is 0 Å². The van der Waals surface area contributed by atoms with Crippen molar-refractivity contribution < 1.29 is 26.5 Å². The number of amides is 1. The molecule has 0 unspecified atom stereocenters. The molecule has 0 fully saturated rings. The van der Waals surface area contributed by atoms with Gasteiger partial charge in [0.2, 0.25) is 10.0 Å². The van der Waals surface area contributed by atoms with Crippen LogP contribution in [0, 0.1) is 6.92 Å². The van der Waals surface area contributed by atoms with Gasteiger partial charge in [-0.15, -0.1) is 0 Å². The summed E-state index contributed by atoms with van der Waals surface area (Å²) in [6.07, 6.45) is 1.04. The predicted octanol–water partition coefficient (Wildman–Crippen LogP) is 1.80. The van der Waals surface area contributed by atoms with Crippen LogP contribution in [-0.2, 0) is 24.9 Å². The van der Waals surface area contributed by atoms with E-state index in [2.05, 4.69) is 10.0 Å². The minimum atomic E-state index is -3.80. The Hall–Kier alpha value is -2.47. The SMILES string of the molecule is CON(C)S(=O)(=O)c1ccc(C(=O)Nc2ccc(C)c(NS(C)(=O)=O)c2)cc1. The Bertz CT molecular complexity index is 1080. The molecular formula is C17H21N3O6S2. The van der Waals surface area contributed by atoms with Gasteiger partial charge in [-0.1, -0.05) is 10.5 Å². The average molecular weight is 428 g/mol. The van der Waals surface area contributed by atoms with Crippen LogP contribution >= 0.6 is 0 Å². The summed E-state index contributed by atoms with van der Waals surface area (Å²) in [7, 11) is -4.77. The number of rotatable bonds is 7. The van der Waals surface area contributed by atoms with E-state index in [9.17, 15) is 21.6 Å². The normalized spacial score (nSPS) is 12.0. The van der Waals surface area contributed by atoms with Gasteiger partial charge in [0.25, 0.3) is 15.9 Å². The number of hydrogen-bond acceptors (Lipinski definition) is 6. The third-order valence-corrected chi connectivity index (χ3v) is 6.09. The molecule has 152 valence electrons. The first-order valence-corrected chi connectivity index (χ1v) is 11.3. The quantitative estimate of drug-likeness (QED) is 0.650. The molecule has 0 aliphatic heterocycles. The van der Waals surface area contributed by atoms with Gasteiger partial charge in [-0.05, 0) is 48.9 Å². The van der Waals surface area contributed by atoms with E-state index in [1.807, 2.05) is 0 Å². The highest BCUT2D eigenvalue weighted by molar-refractivity contribution is 7.92. The molecule has 11 heteroatoms. The number of aryl methyl sites for hydroxylation is 1. The molecule has 1 amide bonds. The molecular weight excluding hydrogens is 406 g/mol. The summed E-state index contributed by atoms with van der Waals surface area (Å²) in [5, 5.41) is 2.65. The second-order valence-electron chi connectivity index (χ2n) is 5.98. The van der Waals surface area contributed by atoms with Crippen molar-refractivity contribution in [1.82, 2.24) is 4.47 Å². The van der Waals surface area contributed by atoms with Gasteiger partial charge in [0, 0.05) is 18.3 Å². The van der Waals surface area contributed by atoms with E-state index in [0.717, 1.165) is 6.26 Å². The molecule has 0 spiro atoms. The lowest BCUT2D eigenvalue weighted by molar-refractivity contribution is -0.0258. The molecule has 2 N–H and O–H groups in total. The number of carbonyl (C=O) groups excluding carboxylic acids is 1. The minimum absolute atomic E-state index is 0.0247. The summed E-state index contributed by atoms with van der Waals surface area (Å²) in [5.74, 6) is -0.474. The van der Waals surface area contributed by atoms with Crippen LogP contribution in [0.1, 0.15) is 15.9 Å². The number of benzene rings is 2. The summed E-state index contributed by atoms with van der Waals surface area (Å²) in [5.41, 5.74) is 1.67. The van der Waals surface area contributed by atoms with Crippen LogP contribution < -0.4 is 10.0 Å². The maximum Gasteiger partial charge on any atom is 0.264 e. The zero-order valence-electron chi connectivity index (χ0n) is 15.8. The highest BCUT2D eigenvalue weighted by atomic mass is 32.2. The van der Waals surface area contributed by atoms with Gasteiger partial charge in [0.15, 0.2) is 0 Å². The lowest BCUT2D eigenvalue weighted by atomic mass is 10.1. The van der Waals surface area contributed by atoms with Crippen LogP contribution in [0.2, 0.25) is 0 Å². The Kier molecular flexibility index (Phi) is 6.44. The number of nitrogens with one attached hydrogen (secondary N) is 2. The van der Waals surface area contributed by atoms with Crippen molar-refractivity contribution in [2.75, 3.05) is 30.5 Å². The number of hydrogen-bond donors (Lipinski definition) is 2. The summed E-state index contributed by atoms with van der Waals surface area (Å²) in [6, 6.07) is 10.1. The molecule has 2 aromatic rings. The van der Waals surface area contributed by atoms with E-state index in [4.69, 9.17) is 4.84 Å². The van der Waals surface area contributed by atoms with E-state index >= 15 is 0 Å². The molecule has 2 rings (SSSR count). The third kappa shape index (κ3) is 5.29. The first-order chi connectivity index (χ1) is 12.9. The van der Waals surface area contributed by atoms with Crippen molar-refractivity contribution in [1.29, 1.82) is 0 Å². The molecule has 28 heavy (non-hydrogen) atoms. The molecule has 0 aliphatic rings. The highest BCUT2D eigenvalue weighted by Crippen LogP contribution is 2.22. The maximum atomic E-state index is 12.4. The fourth-order valence-corrected chi connectivity index (χ4v) is 3.83. The smallest absolute Gasteiger partial charge is 0.264 e. The van der Waals surface area contributed by atoms with Gasteiger partial charge < -0.3 is 5.32 Å². The molecule has 9 nitrogen and oxygen atoms in total. The summed E-state index contributed by atoms with van der Waals surface area (Å²) >= 11 is 0. The van der Waals surface area contributed by atoms with Crippen LogP contribution in [-0.4, -0.2) is 47.6 Å². The Morgan fingerprint density at radius 1 is 1.04 bits per heavy atom. The van der Waals surface area contributed by atoms with Crippen molar-refractivity contribution >= 4 is 37.3 Å². The van der Waals surface area contributed by atoms with Gasteiger partial charge in [0.1, 0.15) is 0 Å². The molecule has 2 aromatic carbocycles. The van der Waals surface area contributed by atoms with Gasteiger partial charge in [-0.3, -0.25) is 14.4 Å². The van der Waals surface area contributed by atoms with Gasteiger partial charge in [-0.2, -0.15) is 0 Å². The standard InChI is InChI=1S/C17H21N3O6S2/c1-12-5-8-14(11-16(12)19-27(4,22)23)18-17(21)13-6-9-15(10-7-13)28(24,25)20(2)26-3/h5-11,19H,1-4H3,(H,18,21). The zero-order valence-corrected chi connectivity index (χ0v) is 17.4. The van der Waals surface area contributed by atoms with Gasteiger partial charge >= 0.3 is 0 Å². The molecule has 0 bridgehead atoms. The van der Waals surface area contributed by atoms with E-state index < -0.39 is 26.0 Å². The van der Waals surface area contributed by atoms with E-state index in [1.165, 1.54) is 44.5 Å². The molecule has 0 saturated carbocycles. The third-order valence-electron chi connectivity index (χ3n) is 3.80.